The average molecular weight is 328 g/mol. The summed E-state index contributed by atoms with van der Waals surface area (Å²) in [7, 11) is 0. The van der Waals surface area contributed by atoms with Crippen molar-refractivity contribution in [2.45, 2.75) is 38.9 Å². The molecule has 0 saturated carbocycles. The fraction of sp³-hybridized carbons (Fsp3) is 0.421. The van der Waals surface area contributed by atoms with E-state index in [1.54, 1.807) is 6.92 Å². The predicted molar refractivity (Wildman–Crippen MR) is 86.8 cm³/mol. The molecule has 0 N–H and O–H groups in total. The molecule has 1 fully saturated rings. The lowest BCUT2D eigenvalue weighted by molar-refractivity contribution is -0.147. The summed E-state index contributed by atoms with van der Waals surface area (Å²) < 4.78 is 11.0. The van der Waals surface area contributed by atoms with Crippen molar-refractivity contribution < 1.29 is 23.9 Å². The van der Waals surface area contributed by atoms with Crippen molar-refractivity contribution in [1.29, 1.82) is 0 Å². The maximum absolute atomic E-state index is 12.4. The maximum Gasteiger partial charge on any atom is 0.334 e. The van der Waals surface area contributed by atoms with Gasteiger partial charge in [-0.25, -0.2) is 9.59 Å². The molecule has 1 heterocycles. The normalized spacial score (nSPS) is 32.2. The summed E-state index contributed by atoms with van der Waals surface area (Å²) in [6.07, 6.45) is -0.625. The number of Topliss-reactive ketones (excluding diaryl/α,β-unsaturated/α-hetero) is 1. The first-order valence-corrected chi connectivity index (χ1v) is 7.94. The molecule has 24 heavy (non-hydrogen) atoms. The van der Waals surface area contributed by atoms with Gasteiger partial charge in [0.2, 0.25) is 0 Å². The molecule has 5 nitrogen and oxygen atoms in total. The molecule has 0 amide bonds. The molecule has 0 spiro atoms. The number of fused-ring (bicyclic) bond motifs is 2. The Bertz CT molecular complexity index is 739. The third kappa shape index (κ3) is 2.35. The van der Waals surface area contributed by atoms with E-state index >= 15 is 0 Å². The highest BCUT2D eigenvalue weighted by molar-refractivity contribution is 6.04. The Morgan fingerprint density at radius 1 is 1.25 bits per heavy atom. The Hall–Kier alpha value is -2.43. The minimum atomic E-state index is -0.656. The molecular weight excluding hydrogens is 308 g/mol. The van der Waals surface area contributed by atoms with E-state index in [2.05, 4.69) is 19.7 Å². The summed E-state index contributed by atoms with van der Waals surface area (Å²) in [5.41, 5.74) is 2.50. The van der Waals surface area contributed by atoms with Crippen LogP contribution in [0.25, 0.3) is 0 Å². The van der Waals surface area contributed by atoms with Crippen molar-refractivity contribution in [3.05, 3.63) is 47.6 Å². The molecule has 2 aliphatic carbocycles. The van der Waals surface area contributed by atoms with Crippen LogP contribution in [-0.2, 0) is 23.9 Å². The summed E-state index contributed by atoms with van der Waals surface area (Å²) in [6.45, 7) is 14.9. The monoisotopic (exact) mass is 328 g/mol. The molecule has 0 radical (unpaired) electrons. The molecule has 126 valence electrons. The Balaban J connectivity index is 2.06. The van der Waals surface area contributed by atoms with Crippen molar-refractivity contribution >= 4 is 17.7 Å². The quantitative estimate of drug-likeness (QED) is 0.575. The summed E-state index contributed by atoms with van der Waals surface area (Å²) in [4.78, 5) is 36.4. The molecule has 0 bridgehead atoms. The van der Waals surface area contributed by atoms with Gasteiger partial charge in [-0.05, 0) is 24.0 Å². The number of esters is 2. The van der Waals surface area contributed by atoms with Gasteiger partial charge in [-0.15, -0.1) is 0 Å². The SMILES string of the molecule is C=C(C)C(=O)OC1CC(=C)C2=C(C(C)CC2=O)C2OC(=O)C(=C)C12. The molecule has 0 aromatic heterocycles. The largest absolute Gasteiger partial charge is 0.458 e. The first-order chi connectivity index (χ1) is 11.2. The van der Waals surface area contributed by atoms with Crippen LogP contribution in [0.4, 0.5) is 0 Å². The number of rotatable bonds is 2. The highest BCUT2D eigenvalue weighted by atomic mass is 16.6. The molecule has 0 aromatic rings. The summed E-state index contributed by atoms with van der Waals surface area (Å²) in [5, 5.41) is 0. The van der Waals surface area contributed by atoms with Crippen molar-refractivity contribution in [3.63, 3.8) is 0 Å². The first-order valence-electron chi connectivity index (χ1n) is 7.94. The maximum atomic E-state index is 12.4. The van der Waals surface area contributed by atoms with Gasteiger partial charge in [0.25, 0.3) is 0 Å². The van der Waals surface area contributed by atoms with Crippen LogP contribution < -0.4 is 0 Å². The zero-order valence-corrected chi connectivity index (χ0v) is 13.9. The molecule has 1 aliphatic heterocycles. The van der Waals surface area contributed by atoms with Gasteiger partial charge in [-0.3, -0.25) is 4.79 Å². The standard InChI is InChI=1S/C19H20O5/c1-8(2)18(21)23-13-7-10(4)14-12(20)6-9(3)15(14)17-16(13)11(5)19(22)24-17/h9,13,16-17H,1,4-7H2,2-3H3. The second-order valence-electron chi connectivity index (χ2n) is 6.77. The van der Waals surface area contributed by atoms with E-state index in [0.29, 0.717) is 17.6 Å². The average Bonchev–Trinajstić information content (AvgIpc) is 2.89. The number of ether oxygens (including phenoxy) is 2. The minimum Gasteiger partial charge on any atom is -0.458 e. The Kier molecular flexibility index (Phi) is 3.82. The molecule has 4 atom stereocenters. The fourth-order valence-electron chi connectivity index (χ4n) is 3.81. The van der Waals surface area contributed by atoms with Crippen LogP contribution in [0.2, 0.25) is 0 Å². The van der Waals surface area contributed by atoms with E-state index in [4.69, 9.17) is 9.47 Å². The van der Waals surface area contributed by atoms with Gasteiger partial charge in [-0.1, -0.05) is 26.7 Å². The Morgan fingerprint density at radius 2 is 1.92 bits per heavy atom. The molecule has 5 heteroatoms. The topological polar surface area (TPSA) is 69.7 Å². The van der Waals surface area contributed by atoms with E-state index in [9.17, 15) is 14.4 Å². The number of hydrogen-bond acceptors (Lipinski definition) is 5. The highest BCUT2D eigenvalue weighted by Gasteiger charge is 2.52. The van der Waals surface area contributed by atoms with Crippen LogP contribution in [0.5, 0.6) is 0 Å². The second-order valence-corrected chi connectivity index (χ2v) is 6.77. The zero-order chi connectivity index (χ0) is 17.8. The van der Waals surface area contributed by atoms with Crippen molar-refractivity contribution in [1.82, 2.24) is 0 Å². The highest BCUT2D eigenvalue weighted by Crippen LogP contribution is 2.48. The van der Waals surface area contributed by atoms with Crippen LogP contribution in [0.15, 0.2) is 47.6 Å². The number of allylic oxidation sites excluding steroid dienone is 1. The van der Waals surface area contributed by atoms with Crippen LogP contribution in [0, 0.1) is 11.8 Å². The summed E-state index contributed by atoms with van der Waals surface area (Å²) >= 11 is 0. The summed E-state index contributed by atoms with van der Waals surface area (Å²) in [5.74, 6) is -1.58. The lowest BCUT2D eigenvalue weighted by atomic mass is 9.84. The van der Waals surface area contributed by atoms with Gasteiger partial charge in [0, 0.05) is 29.6 Å². The van der Waals surface area contributed by atoms with Crippen molar-refractivity contribution in [2.75, 3.05) is 0 Å². The second kappa shape index (κ2) is 5.58. The van der Waals surface area contributed by atoms with Gasteiger partial charge >= 0.3 is 11.9 Å². The third-order valence-electron chi connectivity index (χ3n) is 4.93. The van der Waals surface area contributed by atoms with Gasteiger partial charge < -0.3 is 9.47 Å². The summed E-state index contributed by atoms with van der Waals surface area (Å²) in [6, 6.07) is 0. The van der Waals surface area contributed by atoms with Crippen LogP contribution in [0.1, 0.15) is 26.7 Å². The lowest BCUT2D eigenvalue weighted by Crippen LogP contribution is -2.34. The lowest BCUT2D eigenvalue weighted by Gasteiger charge is -2.26. The molecule has 1 saturated heterocycles. The van der Waals surface area contributed by atoms with E-state index < -0.39 is 30.1 Å². The first kappa shape index (κ1) is 16.4. The van der Waals surface area contributed by atoms with Gasteiger partial charge in [0.15, 0.2) is 5.78 Å². The Labute approximate surface area is 140 Å². The van der Waals surface area contributed by atoms with Crippen molar-refractivity contribution in [3.8, 4) is 0 Å². The smallest absolute Gasteiger partial charge is 0.334 e. The number of hydrogen-bond donors (Lipinski definition) is 0. The molecule has 3 aliphatic rings. The molecule has 4 unspecified atom stereocenters. The number of carbonyl (C=O) groups excluding carboxylic acids is 3. The van der Waals surface area contributed by atoms with Crippen molar-refractivity contribution in [2.24, 2.45) is 11.8 Å². The molecule has 0 aromatic carbocycles. The number of ketones is 1. The van der Waals surface area contributed by atoms with Crippen LogP contribution in [-0.4, -0.2) is 29.9 Å². The third-order valence-corrected chi connectivity index (χ3v) is 4.93. The Morgan fingerprint density at radius 3 is 2.54 bits per heavy atom. The van der Waals surface area contributed by atoms with Crippen LogP contribution >= 0.6 is 0 Å². The van der Waals surface area contributed by atoms with Gasteiger partial charge in [0.05, 0.1) is 5.92 Å². The van der Waals surface area contributed by atoms with E-state index in [0.717, 1.165) is 5.57 Å². The zero-order valence-electron chi connectivity index (χ0n) is 13.9. The van der Waals surface area contributed by atoms with E-state index in [-0.39, 0.29) is 29.3 Å². The fourth-order valence-corrected chi connectivity index (χ4v) is 3.81. The molecule has 3 rings (SSSR count). The number of carbonyl (C=O) groups is 3. The van der Waals surface area contributed by atoms with Gasteiger partial charge in [0.1, 0.15) is 12.2 Å². The van der Waals surface area contributed by atoms with E-state index in [1.165, 1.54) is 0 Å². The van der Waals surface area contributed by atoms with E-state index in [1.807, 2.05) is 6.92 Å². The predicted octanol–water partition coefficient (Wildman–Crippen LogP) is 2.44. The molecular formula is C19H20O5. The van der Waals surface area contributed by atoms with Gasteiger partial charge in [-0.2, -0.15) is 0 Å². The van der Waals surface area contributed by atoms with Crippen LogP contribution in [0.3, 0.4) is 0 Å². The minimum absolute atomic E-state index is 0.00156.